The first-order valence-corrected chi connectivity index (χ1v) is 10.5. The third-order valence-corrected chi connectivity index (χ3v) is 5.77. The van der Waals surface area contributed by atoms with E-state index in [1.165, 1.54) is 0 Å². The maximum absolute atomic E-state index is 12.3. The highest BCUT2D eigenvalue weighted by Crippen LogP contribution is 2.24. The van der Waals surface area contributed by atoms with Crippen LogP contribution in [0.15, 0.2) is 17.6 Å². The molecule has 3 rings (SSSR count). The number of hydrogen-bond acceptors (Lipinski definition) is 5. The molecule has 0 spiro atoms. The fourth-order valence-electron chi connectivity index (χ4n) is 3.51. The summed E-state index contributed by atoms with van der Waals surface area (Å²) in [6.45, 7) is 2.74. The second-order valence-electron chi connectivity index (χ2n) is 7.14. The molecule has 1 fully saturated rings. The van der Waals surface area contributed by atoms with Crippen molar-refractivity contribution in [3.8, 4) is 0 Å². The minimum atomic E-state index is -0.0981. The lowest BCUT2D eigenvalue weighted by Gasteiger charge is -2.29. The van der Waals surface area contributed by atoms with Crippen LogP contribution in [0.5, 0.6) is 0 Å². The minimum absolute atomic E-state index is 0.0138. The number of aromatic amines is 1. The molecule has 2 heterocycles. The quantitative estimate of drug-likeness (QED) is 0.646. The molecule has 1 saturated carbocycles. The average molecular weight is 390 g/mol. The van der Waals surface area contributed by atoms with Crippen LogP contribution in [0.2, 0.25) is 0 Å². The Hall–Kier alpha value is -2.22. The SMILES string of the molecule is CCCc1nc(C(=O)NC[C@@H]2CCC[C@H](NC(=O)Cc3ccn[nH]3)C2)cs1. The molecule has 2 amide bonds. The number of nitrogens with zero attached hydrogens (tertiary/aromatic N) is 2. The highest BCUT2D eigenvalue weighted by Gasteiger charge is 2.24. The van der Waals surface area contributed by atoms with E-state index in [0.717, 1.165) is 49.2 Å². The van der Waals surface area contributed by atoms with Gasteiger partial charge < -0.3 is 10.6 Å². The molecule has 2 atom stereocenters. The minimum Gasteiger partial charge on any atom is -0.353 e. The second kappa shape index (κ2) is 9.64. The van der Waals surface area contributed by atoms with Crippen LogP contribution in [0, 0.1) is 5.92 Å². The number of hydrogen-bond donors (Lipinski definition) is 3. The molecule has 146 valence electrons. The Morgan fingerprint density at radius 1 is 1.37 bits per heavy atom. The van der Waals surface area contributed by atoms with E-state index in [4.69, 9.17) is 0 Å². The van der Waals surface area contributed by atoms with Gasteiger partial charge in [-0.25, -0.2) is 4.98 Å². The van der Waals surface area contributed by atoms with Crippen molar-refractivity contribution < 1.29 is 9.59 Å². The molecule has 7 nitrogen and oxygen atoms in total. The summed E-state index contributed by atoms with van der Waals surface area (Å²) >= 11 is 1.55. The summed E-state index contributed by atoms with van der Waals surface area (Å²) in [6.07, 6.45) is 7.94. The summed E-state index contributed by atoms with van der Waals surface area (Å²) in [7, 11) is 0. The molecular formula is C19H27N5O2S. The van der Waals surface area contributed by atoms with Crippen LogP contribution in [0.1, 0.15) is 60.2 Å². The molecule has 27 heavy (non-hydrogen) atoms. The van der Waals surface area contributed by atoms with Gasteiger partial charge in [0, 0.05) is 29.9 Å². The fraction of sp³-hybridized carbons (Fsp3) is 0.579. The van der Waals surface area contributed by atoms with Gasteiger partial charge in [-0.1, -0.05) is 13.3 Å². The number of aromatic nitrogens is 3. The van der Waals surface area contributed by atoms with Gasteiger partial charge in [0.2, 0.25) is 5.91 Å². The van der Waals surface area contributed by atoms with Gasteiger partial charge >= 0.3 is 0 Å². The second-order valence-corrected chi connectivity index (χ2v) is 8.08. The van der Waals surface area contributed by atoms with E-state index in [2.05, 4.69) is 32.7 Å². The largest absolute Gasteiger partial charge is 0.353 e. The van der Waals surface area contributed by atoms with Crippen LogP contribution in [0.25, 0.3) is 0 Å². The molecule has 0 aliphatic heterocycles. The average Bonchev–Trinajstić information content (AvgIpc) is 3.32. The van der Waals surface area contributed by atoms with Crippen molar-refractivity contribution in [3.05, 3.63) is 34.0 Å². The smallest absolute Gasteiger partial charge is 0.270 e. The summed E-state index contributed by atoms with van der Waals surface area (Å²) < 4.78 is 0. The molecule has 0 unspecified atom stereocenters. The Morgan fingerprint density at radius 3 is 3.04 bits per heavy atom. The van der Waals surface area contributed by atoms with Crippen molar-refractivity contribution in [2.24, 2.45) is 5.92 Å². The number of nitrogens with one attached hydrogen (secondary N) is 3. The molecule has 0 saturated heterocycles. The summed E-state index contributed by atoms with van der Waals surface area (Å²) in [6, 6.07) is 1.98. The van der Waals surface area contributed by atoms with E-state index < -0.39 is 0 Å². The van der Waals surface area contributed by atoms with Gasteiger partial charge in [-0.3, -0.25) is 14.7 Å². The predicted octanol–water partition coefficient (Wildman–Crippen LogP) is 2.47. The van der Waals surface area contributed by atoms with Crippen LogP contribution >= 0.6 is 11.3 Å². The van der Waals surface area contributed by atoms with E-state index in [1.807, 2.05) is 11.4 Å². The third kappa shape index (κ3) is 5.89. The van der Waals surface area contributed by atoms with Crippen LogP contribution in [0.3, 0.4) is 0 Å². The molecule has 1 aliphatic carbocycles. The Labute approximate surface area is 163 Å². The topological polar surface area (TPSA) is 99.8 Å². The van der Waals surface area contributed by atoms with Crippen molar-refractivity contribution in [1.82, 2.24) is 25.8 Å². The monoisotopic (exact) mass is 389 g/mol. The van der Waals surface area contributed by atoms with Crippen LogP contribution < -0.4 is 10.6 Å². The molecule has 0 bridgehead atoms. The normalized spacial score (nSPS) is 19.6. The zero-order chi connectivity index (χ0) is 19.1. The number of thiazole rings is 1. The van der Waals surface area contributed by atoms with Crippen LogP contribution in [0.4, 0.5) is 0 Å². The highest BCUT2D eigenvalue weighted by atomic mass is 32.1. The van der Waals surface area contributed by atoms with E-state index in [9.17, 15) is 9.59 Å². The Kier molecular flexibility index (Phi) is 6.98. The van der Waals surface area contributed by atoms with E-state index in [-0.39, 0.29) is 17.9 Å². The zero-order valence-electron chi connectivity index (χ0n) is 15.7. The van der Waals surface area contributed by atoms with Gasteiger partial charge in [-0.05, 0) is 44.1 Å². The van der Waals surface area contributed by atoms with Gasteiger partial charge in [0.1, 0.15) is 5.69 Å². The zero-order valence-corrected chi connectivity index (χ0v) is 16.5. The van der Waals surface area contributed by atoms with Crippen molar-refractivity contribution in [2.45, 2.75) is 57.9 Å². The van der Waals surface area contributed by atoms with Crippen molar-refractivity contribution in [2.75, 3.05) is 6.54 Å². The third-order valence-electron chi connectivity index (χ3n) is 4.86. The molecule has 0 radical (unpaired) electrons. The molecule has 0 aromatic carbocycles. The van der Waals surface area contributed by atoms with E-state index in [1.54, 1.807) is 17.5 Å². The molecule has 3 N–H and O–H groups in total. The number of carbonyl (C=O) groups is 2. The Morgan fingerprint density at radius 2 is 2.26 bits per heavy atom. The summed E-state index contributed by atoms with van der Waals surface area (Å²) in [4.78, 5) is 28.8. The van der Waals surface area contributed by atoms with Gasteiger partial charge in [0.15, 0.2) is 0 Å². The summed E-state index contributed by atoms with van der Waals surface area (Å²) in [5, 5.41) is 15.6. The number of aryl methyl sites for hydroxylation is 1. The highest BCUT2D eigenvalue weighted by molar-refractivity contribution is 7.09. The van der Waals surface area contributed by atoms with Crippen molar-refractivity contribution in [1.29, 1.82) is 0 Å². The van der Waals surface area contributed by atoms with E-state index in [0.29, 0.717) is 24.6 Å². The summed E-state index contributed by atoms with van der Waals surface area (Å²) in [5.74, 6) is 0.299. The number of carbonyl (C=O) groups excluding carboxylic acids is 2. The molecule has 2 aromatic heterocycles. The Bertz CT molecular complexity index is 743. The van der Waals surface area contributed by atoms with Crippen molar-refractivity contribution in [3.63, 3.8) is 0 Å². The summed E-state index contributed by atoms with van der Waals surface area (Å²) in [5.41, 5.74) is 1.33. The first-order valence-electron chi connectivity index (χ1n) is 9.64. The van der Waals surface area contributed by atoms with Gasteiger partial charge in [-0.15, -0.1) is 11.3 Å². The lowest BCUT2D eigenvalue weighted by Crippen LogP contribution is -2.41. The van der Waals surface area contributed by atoms with Crippen LogP contribution in [-0.4, -0.2) is 39.6 Å². The number of H-pyrrole nitrogens is 1. The first-order chi connectivity index (χ1) is 13.1. The van der Waals surface area contributed by atoms with E-state index >= 15 is 0 Å². The first kappa shape index (κ1) is 19.5. The number of rotatable bonds is 8. The standard InChI is InChI=1S/C19H27N5O2S/c1-2-4-18-23-16(12-27-18)19(26)20-11-13-5-3-6-14(9-13)22-17(25)10-15-7-8-21-24-15/h7-8,12-14H,2-6,9-11H2,1H3,(H,20,26)(H,21,24)(H,22,25)/t13-,14+/m1/s1. The van der Waals surface area contributed by atoms with Gasteiger partial charge in [0.05, 0.1) is 11.4 Å². The molecule has 8 heteroatoms. The molecular weight excluding hydrogens is 362 g/mol. The van der Waals surface area contributed by atoms with Gasteiger partial charge in [0.25, 0.3) is 5.91 Å². The van der Waals surface area contributed by atoms with Crippen LogP contribution in [-0.2, 0) is 17.6 Å². The van der Waals surface area contributed by atoms with Gasteiger partial charge in [-0.2, -0.15) is 5.10 Å². The lowest BCUT2D eigenvalue weighted by atomic mass is 9.85. The Balaban J connectivity index is 1.42. The molecule has 1 aliphatic rings. The number of amides is 2. The molecule has 2 aromatic rings. The maximum Gasteiger partial charge on any atom is 0.270 e. The predicted molar refractivity (Wildman–Crippen MR) is 105 cm³/mol. The lowest BCUT2D eigenvalue weighted by molar-refractivity contribution is -0.121. The maximum atomic E-state index is 12.3. The van der Waals surface area contributed by atoms with Crippen molar-refractivity contribution >= 4 is 23.2 Å². The fourth-order valence-corrected chi connectivity index (χ4v) is 4.39.